The number of rotatable bonds is 8. The van der Waals surface area contributed by atoms with Gasteiger partial charge in [0.05, 0.1) is 24.7 Å². The van der Waals surface area contributed by atoms with Crippen molar-refractivity contribution < 1.29 is 35.5 Å². The van der Waals surface area contributed by atoms with Gasteiger partial charge in [0.25, 0.3) is 0 Å². The standard InChI is InChI=1S/C22H28F4N6O4S/c1-12(33)28-16-10-19(36-3)17(9-14(16)23)30-21-27-11-13(22(24,25)26)20(31-21)29-15-7-5-6-8-18(15)32(2)37(4,34)35/h9-11,15,18H,5-8H2,1-4H3,(H,28,33)(H2,27,29,30,31)/t15-,18-/m1/s1. The summed E-state index contributed by atoms with van der Waals surface area (Å²) in [5, 5.41) is 7.74. The number of sulfonamides is 1. The third-order valence-corrected chi connectivity index (χ3v) is 7.30. The van der Waals surface area contributed by atoms with Gasteiger partial charge in [-0.1, -0.05) is 12.8 Å². The van der Waals surface area contributed by atoms with Crippen LogP contribution in [0.25, 0.3) is 0 Å². The molecule has 0 radical (unpaired) electrons. The second-order valence-corrected chi connectivity index (χ2v) is 10.7. The first kappa shape index (κ1) is 28.4. The second-order valence-electron chi connectivity index (χ2n) is 8.67. The van der Waals surface area contributed by atoms with Gasteiger partial charge in [0.2, 0.25) is 21.9 Å². The van der Waals surface area contributed by atoms with Crippen molar-refractivity contribution in [3.63, 3.8) is 0 Å². The van der Waals surface area contributed by atoms with Crippen molar-refractivity contribution >= 4 is 39.1 Å². The molecule has 3 rings (SSSR count). The molecule has 10 nitrogen and oxygen atoms in total. The molecular weight excluding hydrogens is 520 g/mol. The third kappa shape index (κ3) is 6.97. The van der Waals surface area contributed by atoms with Gasteiger partial charge in [-0.3, -0.25) is 4.79 Å². The molecule has 1 aromatic heterocycles. The third-order valence-electron chi connectivity index (χ3n) is 5.98. The van der Waals surface area contributed by atoms with Gasteiger partial charge in [0, 0.05) is 44.4 Å². The molecule has 1 saturated carbocycles. The van der Waals surface area contributed by atoms with E-state index >= 15 is 0 Å². The smallest absolute Gasteiger partial charge is 0.421 e. The number of likely N-dealkylation sites (N-methyl/N-ethyl adjacent to an activating group) is 1. The van der Waals surface area contributed by atoms with Crippen LogP contribution in [0.2, 0.25) is 0 Å². The summed E-state index contributed by atoms with van der Waals surface area (Å²) < 4.78 is 86.4. The van der Waals surface area contributed by atoms with Crippen molar-refractivity contribution in [1.82, 2.24) is 14.3 Å². The highest BCUT2D eigenvalue weighted by atomic mass is 32.2. The number of carbonyl (C=O) groups excluding carboxylic acids is 1. The van der Waals surface area contributed by atoms with E-state index in [2.05, 4.69) is 25.9 Å². The van der Waals surface area contributed by atoms with Crippen molar-refractivity contribution in [1.29, 1.82) is 0 Å². The highest BCUT2D eigenvalue weighted by Gasteiger charge is 2.38. The summed E-state index contributed by atoms with van der Waals surface area (Å²) >= 11 is 0. The molecule has 0 saturated heterocycles. The number of hydrogen-bond acceptors (Lipinski definition) is 8. The topological polar surface area (TPSA) is 126 Å². The highest BCUT2D eigenvalue weighted by molar-refractivity contribution is 7.88. The van der Waals surface area contributed by atoms with Crippen molar-refractivity contribution in [3.05, 3.63) is 29.7 Å². The lowest BCUT2D eigenvalue weighted by molar-refractivity contribution is -0.137. The first-order valence-corrected chi connectivity index (χ1v) is 13.1. The zero-order chi connectivity index (χ0) is 27.5. The fourth-order valence-electron chi connectivity index (χ4n) is 4.12. The molecule has 1 amide bonds. The summed E-state index contributed by atoms with van der Waals surface area (Å²) in [7, 11) is -0.906. The van der Waals surface area contributed by atoms with Crippen LogP contribution in [0.3, 0.4) is 0 Å². The molecule has 0 spiro atoms. The summed E-state index contributed by atoms with van der Waals surface area (Å²) in [5.74, 6) is -2.09. The van der Waals surface area contributed by atoms with Gasteiger partial charge in [-0.2, -0.15) is 18.2 Å². The van der Waals surface area contributed by atoms with Crippen molar-refractivity contribution in [2.24, 2.45) is 0 Å². The van der Waals surface area contributed by atoms with Crippen LogP contribution in [0.1, 0.15) is 38.2 Å². The van der Waals surface area contributed by atoms with Crippen molar-refractivity contribution in [2.75, 3.05) is 36.4 Å². The summed E-state index contributed by atoms with van der Waals surface area (Å²) in [6.07, 6.45) is -0.849. The Kier molecular flexibility index (Phi) is 8.47. The molecule has 2 atom stereocenters. The predicted molar refractivity (Wildman–Crippen MR) is 130 cm³/mol. The number of carbonyl (C=O) groups is 1. The van der Waals surface area contributed by atoms with E-state index in [-0.39, 0.29) is 23.1 Å². The van der Waals surface area contributed by atoms with Crippen LogP contribution < -0.4 is 20.7 Å². The average molecular weight is 549 g/mol. The molecule has 1 aromatic carbocycles. The maximum absolute atomic E-state index is 14.5. The normalized spacial score (nSPS) is 18.4. The summed E-state index contributed by atoms with van der Waals surface area (Å²) in [6, 6.07) is 0.972. The number of aromatic nitrogens is 2. The molecule has 15 heteroatoms. The molecular formula is C22H28F4N6O4S. The first-order chi connectivity index (χ1) is 17.2. The minimum Gasteiger partial charge on any atom is -0.494 e. The number of nitrogens with one attached hydrogen (secondary N) is 3. The lowest BCUT2D eigenvalue weighted by atomic mass is 9.90. The Morgan fingerprint density at radius 3 is 2.46 bits per heavy atom. The Balaban J connectivity index is 1.97. The van der Waals surface area contributed by atoms with Crippen molar-refractivity contribution in [2.45, 2.75) is 50.9 Å². The average Bonchev–Trinajstić information content (AvgIpc) is 2.79. The molecule has 0 unspecified atom stereocenters. The molecule has 1 heterocycles. The molecule has 3 N–H and O–H groups in total. The first-order valence-electron chi connectivity index (χ1n) is 11.3. The van der Waals surface area contributed by atoms with Gasteiger partial charge < -0.3 is 20.7 Å². The van der Waals surface area contributed by atoms with Crippen LogP contribution in [0.5, 0.6) is 5.75 Å². The quantitative estimate of drug-likeness (QED) is 0.424. The number of hydrogen-bond donors (Lipinski definition) is 3. The number of ether oxygens (including phenoxy) is 1. The minimum absolute atomic E-state index is 0.00663. The van der Waals surface area contributed by atoms with Crippen LogP contribution in [-0.2, 0) is 21.0 Å². The molecule has 204 valence electrons. The summed E-state index contributed by atoms with van der Waals surface area (Å²) in [4.78, 5) is 19.0. The van der Waals surface area contributed by atoms with Crippen LogP contribution in [-0.4, -0.2) is 61.1 Å². The minimum atomic E-state index is -4.79. The van der Waals surface area contributed by atoms with E-state index < -0.39 is 51.4 Å². The van der Waals surface area contributed by atoms with E-state index in [4.69, 9.17) is 4.74 Å². The second kappa shape index (κ2) is 11.0. The number of halogens is 4. The van der Waals surface area contributed by atoms with E-state index in [1.54, 1.807) is 0 Å². The summed E-state index contributed by atoms with van der Waals surface area (Å²) in [6.45, 7) is 1.20. The Bertz CT molecular complexity index is 1260. The lowest BCUT2D eigenvalue weighted by Gasteiger charge is -2.37. The zero-order valence-electron chi connectivity index (χ0n) is 20.6. The fraction of sp³-hybridized carbons (Fsp3) is 0.500. The van der Waals surface area contributed by atoms with E-state index in [1.807, 2.05) is 0 Å². The number of nitrogens with zero attached hydrogens (tertiary/aromatic N) is 3. The maximum atomic E-state index is 14.5. The Morgan fingerprint density at radius 1 is 1.19 bits per heavy atom. The summed E-state index contributed by atoms with van der Waals surface area (Å²) in [5.41, 5.74) is -1.28. The van der Waals surface area contributed by atoms with Crippen LogP contribution in [0.15, 0.2) is 18.3 Å². The van der Waals surface area contributed by atoms with Gasteiger partial charge in [-0.05, 0) is 12.8 Å². The number of alkyl halides is 3. The molecule has 0 bridgehead atoms. The molecule has 0 aliphatic heterocycles. The van der Waals surface area contributed by atoms with Crippen LogP contribution >= 0.6 is 0 Å². The van der Waals surface area contributed by atoms with Crippen molar-refractivity contribution in [3.8, 4) is 5.75 Å². The monoisotopic (exact) mass is 548 g/mol. The van der Waals surface area contributed by atoms with E-state index in [1.165, 1.54) is 27.1 Å². The van der Waals surface area contributed by atoms with Gasteiger partial charge in [0.15, 0.2) is 0 Å². The van der Waals surface area contributed by atoms with Gasteiger partial charge in [0.1, 0.15) is 22.9 Å². The zero-order valence-corrected chi connectivity index (χ0v) is 21.4. The maximum Gasteiger partial charge on any atom is 0.421 e. The SMILES string of the molecule is COc1cc(NC(C)=O)c(F)cc1Nc1ncc(C(F)(F)F)c(N[C@@H]2CCCC[C@H]2N(C)S(C)(=O)=O)n1. The number of amides is 1. The molecule has 2 aromatic rings. The number of methoxy groups -OCH3 is 1. The number of anilines is 4. The largest absolute Gasteiger partial charge is 0.494 e. The molecule has 1 fully saturated rings. The van der Waals surface area contributed by atoms with Gasteiger partial charge in [-0.25, -0.2) is 22.1 Å². The van der Waals surface area contributed by atoms with E-state index in [0.717, 1.165) is 23.0 Å². The lowest BCUT2D eigenvalue weighted by Crippen LogP contribution is -2.49. The Morgan fingerprint density at radius 2 is 1.86 bits per heavy atom. The van der Waals surface area contributed by atoms with Crippen LogP contribution in [0, 0.1) is 5.82 Å². The predicted octanol–water partition coefficient (Wildman–Crippen LogP) is 3.96. The number of benzene rings is 1. The highest BCUT2D eigenvalue weighted by Crippen LogP contribution is 2.37. The van der Waals surface area contributed by atoms with Crippen LogP contribution in [0.4, 0.5) is 40.7 Å². The fourth-order valence-corrected chi connectivity index (χ4v) is 4.87. The van der Waals surface area contributed by atoms with E-state index in [0.29, 0.717) is 25.5 Å². The Labute approximate surface area is 211 Å². The van der Waals surface area contributed by atoms with E-state index in [9.17, 15) is 30.8 Å². The van der Waals surface area contributed by atoms with Gasteiger partial charge in [-0.15, -0.1) is 0 Å². The van der Waals surface area contributed by atoms with Gasteiger partial charge >= 0.3 is 6.18 Å². The molecule has 1 aliphatic rings. The Hall–Kier alpha value is -3.20. The molecule has 37 heavy (non-hydrogen) atoms. The molecule has 1 aliphatic carbocycles.